The highest BCUT2D eigenvalue weighted by Gasteiger charge is 2.33. The number of hydrogen-bond donors (Lipinski definition) is 2. The quantitative estimate of drug-likeness (QED) is 0.113. The van der Waals surface area contributed by atoms with Crippen LogP contribution in [0.25, 0.3) is 0 Å². The van der Waals surface area contributed by atoms with Crippen LogP contribution in [0.15, 0.2) is 120 Å². The summed E-state index contributed by atoms with van der Waals surface area (Å²) >= 11 is 0. The fourth-order valence-corrected chi connectivity index (χ4v) is 7.46. The topological polar surface area (TPSA) is 70.6 Å². The van der Waals surface area contributed by atoms with Crippen molar-refractivity contribution in [2.24, 2.45) is 10.4 Å². The molecule has 4 rings (SSSR count). The molecule has 2 atom stereocenters. The number of amides is 2. The molecule has 0 aliphatic carbocycles. The zero-order chi connectivity index (χ0) is 31.4. The first-order chi connectivity index (χ1) is 21.3. The molecule has 5 nitrogen and oxygen atoms in total. The van der Waals surface area contributed by atoms with Crippen molar-refractivity contribution in [3.05, 3.63) is 126 Å². The molecule has 0 aliphatic rings. The van der Waals surface area contributed by atoms with Gasteiger partial charge in [0.15, 0.2) is 0 Å². The number of hydrogen-bond acceptors (Lipinski definition) is 3. The van der Waals surface area contributed by atoms with Gasteiger partial charge in [0.1, 0.15) is 12.1 Å². The van der Waals surface area contributed by atoms with Crippen LogP contribution in [0, 0.1) is 5.41 Å². The van der Waals surface area contributed by atoms with E-state index in [1.54, 1.807) is 0 Å². The number of unbranched alkanes of at least 4 members (excludes halogenated alkanes) is 1. The summed E-state index contributed by atoms with van der Waals surface area (Å²) in [7, 11) is -0.844. The highest BCUT2D eigenvalue weighted by atomic mass is 31.1. The van der Waals surface area contributed by atoms with Crippen molar-refractivity contribution in [1.82, 2.24) is 10.6 Å². The van der Waals surface area contributed by atoms with E-state index in [0.29, 0.717) is 13.0 Å². The molecular weight excluding hydrogens is 561 g/mol. The third kappa shape index (κ3) is 9.21. The average Bonchev–Trinajstić information content (AvgIpc) is 3.02. The molecule has 0 aromatic heterocycles. The first-order valence-electron chi connectivity index (χ1n) is 15.4. The summed E-state index contributed by atoms with van der Waals surface area (Å²) in [6.07, 6.45) is 4.13. The highest BCUT2D eigenvalue weighted by Crippen LogP contribution is 2.34. The van der Waals surface area contributed by atoms with E-state index >= 15 is 0 Å². The van der Waals surface area contributed by atoms with Crippen LogP contribution in [0.2, 0.25) is 0 Å². The Bertz CT molecular complexity index is 1460. The van der Waals surface area contributed by atoms with E-state index in [2.05, 4.69) is 84.3 Å². The first kappa shape index (κ1) is 32.8. The zero-order valence-corrected chi connectivity index (χ0v) is 27.1. The van der Waals surface area contributed by atoms with Crippen LogP contribution in [0.4, 0.5) is 0 Å². The van der Waals surface area contributed by atoms with Crippen LogP contribution in [0.3, 0.4) is 0 Å². The Morgan fingerprint density at radius 3 is 1.89 bits per heavy atom. The number of aliphatic imine (C=N–C) groups is 1. The smallest absolute Gasteiger partial charge is 0.245 e. The van der Waals surface area contributed by atoms with E-state index in [4.69, 9.17) is 4.99 Å². The second kappa shape index (κ2) is 16.1. The number of carbonyl (C=O) groups is 2. The average molecular weight is 606 g/mol. The Hall–Kier alpha value is -4.08. The fraction of sp³-hybridized carbons (Fsp3) is 0.289. The largest absolute Gasteiger partial charge is 0.354 e. The molecule has 0 heterocycles. The number of rotatable bonds is 13. The zero-order valence-electron chi connectivity index (χ0n) is 26.2. The van der Waals surface area contributed by atoms with Crippen molar-refractivity contribution < 1.29 is 9.59 Å². The molecule has 228 valence electrons. The lowest BCUT2D eigenvalue weighted by atomic mass is 9.86. The van der Waals surface area contributed by atoms with Gasteiger partial charge < -0.3 is 10.6 Å². The molecule has 0 unspecified atom stereocenters. The van der Waals surface area contributed by atoms with Crippen LogP contribution >= 0.6 is 7.92 Å². The van der Waals surface area contributed by atoms with Gasteiger partial charge in [-0.15, -0.1) is 0 Å². The van der Waals surface area contributed by atoms with Gasteiger partial charge in [0.05, 0.1) is 0 Å². The Labute approximate surface area is 264 Å². The molecule has 2 amide bonds. The lowest BCUT2D eigenvalue weighted by molar-refractivity contribution is -0.130. The minimum absolute atomic E-state index is 0.172. The van der Waals surface area contributed by atoms with Gasteiger partial charge in [-0.05, 0) is 41.2 Å². The molecule has 0 spiro atoms. The minimum atomic E-state index is -0.844. The molecule has 2 N–H and O–H groups in total. The second-order valence-electron chi connectivity index (χ2n) is 12.0. The second-order valence-corrected chi connectivity index (χ2v) is 14.2. The third-order valence-electron chi connectivity index (χ3n) is 7.38. The lowest BCUT2D eigenvalue weighted by Crippen LogP contribution is -2.52. The highest BCUT2D eigenvalue weighted by molar-refractivity contribution is 7.80. The predicted octanol–water partition coefficient (Wildman–Crippen LogP) is 5.92. The van der Waals surface area contributed by atoms with E-state index in [1.165, 1.54) is 15.9 Å². The van der Waals surface area contributed by atoms with Crippen LogP contribution in [0.1, 0.15) is 51.7 Å². The number of nitrogens with zero attached hydrogens (tertiary/aromatic N) is 1. The van der Waals surface area contributed by atoms with Gasteiger partial charge in [0.25, 0.3) is 0 Å². The van der Waals surface area contributed by atoms with Gasteiger partial charge in [0, 0.05) is 24.7 Å². The number of nitrogens with one attached hydrogen (secondary N) is 2. The van der Waals surface area contributed by atoms with Gasteiger partial charge >= 0.3 is 0 Å². The maximum absolute atomic E-state index is 13.9. The van der Waals surface area contributed by atoms with E-state index in [9.17, 15) is 9.59 Å². The number of benzene rings is 4. The van der Waals surface area contributed by atoms with Gasteiger partial charge in [0.2, 0.25) is 11.8 Å². The Kier molecular flexibility index (Phi) is 12.0. The van der Waals surface area contributed by atoms with E-state index in [-0.39, 0.29) is 11.8 Å². The summed E-state index contributed by atoms with van der Waals surface area (Å²) in [5.74, 6) is -0.430. The summed E-state index contributed by atoms with van der Waals surface area (Å²) in [6.45, 7) is 8.70. The Morgan fingerprint density at radius 1 is 0.773 bits per heavy atom. The molecule has 0 saturated heterocycles. The fourth-order valence-electron chi connectivity index (χ4n) is 5.04. The standard InChI is InChI=1S/C38H44N3O2P/c1-5-6-26-39-36(42)33(27-29-18-10-7-11-19-29)41-37(43)35(38(2,3)4)40-28-30-20-16-17-25-34(30)44(31-21-12-8-13-22-31)32-23-14-9-15-24-32/h7-25,28,33,35H,5-6,26-27H2,1-4H3,(H,39,42)(H,41,43)/b40-28+/t33-,35+/m0/s1. The maximum atomic E-state index is 13.9. The summed E-state index contributed by atoms with van der Waals surface area (Å²) in [6, 6.07) is 37.8. The Balaban J connectivity index is 1.64. The molecule has 0 saturated carbocycles. The molecule has 4 aromatic rings. The summed E-state index contributed by atoms with van der Waals surface area (Å²) < 4.78 is 0. The lowest BCUT2D eigenvalue weighted by Gasteiger charge is -2.28. The Morgan fingerprint density at radius 2 is 1.32 bits per heavy atom. The minimum Gasteiger partial charge on any atom is -0.354 e. The van der Waals surface area contributed by atoms with Crippen molar-refractivity contribution in [2.45, 2.75) is 59.0 Å². The van der Waals surface area contributed by atoms with E-state index < -0.39 is 25.4 Å². The maximum Gasteiger partial charge on any atom is 0.245 e. The van der Waals surface area contributed by atoms with Crippen molar-refractivity contribution in [3.8, 4) is 0 Å². The van der Waals surface area contributed by atoms with Crippen LogP contribution in [0.5, 0.6) is 0 Å². The molecular formula is C38H44N3O2P. The van der Waals surface area contributed by atoms with Crippen molar-refractivity contribution in [1.29, 1.82) is 0 Å². The van der Waals surface area contributed by atoms with E-state index in [0.717, 1.165) is 24.0 Å². The molecule has 0 aliphatic heterocycles. The molecule has 44 heavy (non-hydrogen) atoms. The van der Waals surface area contributed by atoms with Crippen molar-refractivity contribution >= 4 is 41.9 Å². The van der Waals surface area contributed by atoms with Gasteiger partial charge in [-0.25, -0.2) is 0 Å². The monoisotopic (exact) mass is 605 g/mol. The third-order valence-corrected chi connectivity index (χ3v) is 9.90. The van der Waals surface area contributed by atoms with Crippen molar-refractivity contribution in [2.75, 3.05) is 6.54 Å². The molecule has 0 radical (unpaired) electrons. The molecule has 0 fully saturated rings. The van der Waals surface area contributed by atoms with Gasteiger partial charge in [-0.3, -0.25) is 14.6 Å². The van der Waals surface area contributed by atoms with Gasteiger partial charge in [-0.1, -0.05) is 149 Å². The normalized spacial score (nSPS) is 13.0. The van der Waals surface area contributed by atoms with Crippen LogP contribution in [-0.2, 0) is 16.0 Å². The predicted molar refractivity (Wildman–Crippen MR) is 186 cm³/mol. The van der Waals surface area contributed by atoms with Crippen LogP contribution in [-0.4, -0.2) is 36.7 Å². The molecule has 6 heteroatoms. The van der Waals surface area contributed by atoms with Crippen molar-refractivity contribution in [3.63, 3.8) is 0 Å². The van der Waals surface area contributed by atoms with Gasteiger partial charge in [-0.2, -0.15) is 0 Å². The molecule has 0 bridgehead atoms. The van der Waals surface area contributed by atoms with Crippen LogP contribution < -0.4 is 26.5 Å². The summed E-state index contributed by atoms with van der Waals surface area (Å²) in [4.78, 5) is 32.1. The number of carbonyl (C=O) groups excluding carboxylic acids is 2. The SMILES string of the molecule is CCCCNC(=O)[C@H](Cc1ccccc1)NC(=O)[C@@H](/N=C/c1ccccc1P(c1ccccc1)c1ccccc1)C(C)(C)C. The summed E-state index contributed by atoms with van der Waals surface area (Å²) in [5, 5.41) is 9.74. The molecule has 4 aromatic carbocycles. The summed E-state index contributed by atoms with van der Waals surface area (Å²) in [5.41, 5.74) is 1.49. The van der Waals surface area contributed by atoms with E-state index in [1.807, 2.05) is 75.5 Å². The first-order valence-corrected chi connectivity index (χ1v) is 16.8.